The summed E-state index contributed by atoms with van der Waals surface area (Å²) in [5, 5.41) is 2.99. The number of fused-ring (bicyclic) bond motifs is 3. The number of halogens is 1. The van der Waals surface area contributed by atoms with Crippen molar-refractivity contribution in [2.24, 2.45) is 5.92 Å². The van der Waals surface area contributed by atoms with E-state index >= 15 is 0 Å². The van der Waals surface area contributed by atoms with E-state index in [1.54, 1.807) is 0 Å². The Morgan fingerprint density at radius 1 is 1.57 bits per heavy atom. The number of nitrogens with zero attached hydrogens (tertiary/aromatic N) is 1. The van der Waals surface area contributed by atoms with Crippen molar-refractivity contribution in [1.82, 2.24) is 10.2 Å². The predicted octanol–water partition coefficient (Wildman–Crippen LogP) is 1.75. The van der Waals surface area contributed by atoms with Gasteiger partial charge in [-0.1, -0.05) is 11.6 Å². The van der Waals surface area contributed by atoms with Gasteiger partial charge in [0.15, 0.2) is 0 Å². The summed E-state index contributed by atoms with van der Waals surface area (Å²) < 4.78 is 22.1. The van der Waals surface area contributed by atoms with Gasteiger partial charge in [-0.05, 0) is 37.9 Å². The summed E-state index contributed by atoms with van der Waals surface area (Å²) in [6.07, 6.45) is 1.64. The molecule has 0 spiro atoms. The number of nitrogens with one attached hydrogen (secondary N) is 1. The molecule has 3 N–H and O–H groups in total. The standard InChI is InChI=1S/C15H20ClN3O2/c1-21-14-7-12(17)11(16)6-10(14)15(20)18-13-8-19-4-2-9(13)3-5-19/h6-7,9,13H,2-5,8,17H2,1H3,(H,18,20)/t13-/m1/s1/i8T,13T/t8?,13-. The van der Waals surface area contributed by atoms with Crippen molar-refractivity contribution >= 4 is 23.2 Å². The second-order valence-electron chi connectivity index (χ2n) is 5.42. The molecule has 5 nitrogen and oxygen atoms in total. The van der Waals surface area contributed by atoms with Crippen LogP contribution in [0.2, 0.25) is 5.02 Å². The molecule has 0 aliphatic carbocycles. The zero-order valence-corrected chi connectivity index (χ0v) is 12.6. The maximum Gasteiger partial charge on any atom is 0.255 e. The van der Waals surface area contributed by atoms with Gasteiger partial charge in [0.05, 0.1) is 24.8 Å². The van der Waals surface area contributed by atoms with E-state index in [0.29, 0.717) is 11.4 Å². The van der Waals surface area contributed by atoms with Crippen LogP contribution in [0.3, 0.4) is 0 Å². The largest absolute Gasteiger partial charge is 0.496 e. The maximum atomic E-state index is 12.7. The molecular weight excluding hydrogens is 290 g/mol. The Kier molecular flexibility index (Phi) is 3.31. The monoisotopic (exact) mass is 313 g/mol. The van der Waals surface area contributed by atoms with Gasteiger partial charge in [0.2, 0.25) is 0 Å². The SMILES string of the molecule is [3H]C1N2CCC(CC2)[C@]1([3H])NC(=O)c1cc(Cl)c(N)cc1OC. The number of benzene rings is 1. The van der Waals surface area contributed by atoms with Gasteiger partial charge in [-0.25, -0.2) is 0 Å². The molecule has 2 atom stereocenters. The van der Waals surface area contributed by atoms with Crippen molar-refractivity contribution in [3.05, 3.63) is 22.7 Å². The number of nitrogens with two attached hydrogens (primary N) is 1. The third-order valence-electron chi connectivity index (χ3n) is 4.11. The minimum atomic E-state index is -1.33. The summed E-state index contributed by atoms with van der Waals surface area (Å²) in [4.78, 5) is 14.6. The first-order chi connectivity index (χ1) is 10.9. The molecule has 1 unspecified atom stereocenters. The minimum Gasteiger partial charge on any atom is -0.496 e. The van der Waals surface area contributed by atoms with E-state index in [4.69, 9.17) is 24.8 Å². The number of carbonyl (C=O) groups excluding carboxylic acids is 1. The lowest BCUT2D eigenvalue weighted by Crippen LogP contribution is -2.57. The lowest BCUT2D eigenvalue weighted by atomic mass is 9.84. The molecule has 3 saturated heterocycles. The van der Waals surface area contributed by atoms with Crippen LogP contribution in [0.5, 0.6) is 5.75 Å². The number of hydrogen-bond donors (Lipinski definition) is 2. The maximum absolute atomic E-state index is 12.7. The van der Waals surface area contributed by atoms with Crippen molar-refractivity contribution in [3.63, 3.8) is 0 Å². The molecule has 0 radical (unpaired) electrons. The van der Waals surface area contributed by atoms with Crippen molar-refractivity contribution in [2.45, 2.75) is 18.9 Å². The zero-order chi connectivity index (χ0) is 16.8. The number of methoxy groups -OCH3 is 1. The number of anilines is 1. The summed E-state index contributed by atoms with van der Waals surface area (Å²) >= 11 is 6.00. The molecule has 0 aromatic heterocycles. The van der Waals surface area contributed by atoms with Crippen LogP contribution in [0.25, 0.3) is 0 Å². The van der Waals surface area contributed by atoms with Gasteiger partial charge in [0, 0.05) is 20.0 Å². The van der Waals surface area contributed by atoms with Gasteiger partial charge in [-0.3, -0.25) is 4.79 Å². The van der Waals surface area contributed by atoms with Crippen LogP contribution < -0.4 is 15.8 Å². The van der Waals surface area contributed by atoms with E-state index in [9.17, 15) is 4.79 Å². The molecule has 1 aromatic carbocycles. The molecule has 3 heterocycles. The number of hydrogen-bond acceptors (Lipinski definition) is 4. The molecule has 0 saturated carbocycles. The first kappa shape index (κ1) is 12.1. The Bertz CT molecular complexity index is 633. The van der Waals surface area contributed by atoms with Crippen LogP contribution >= 0.6 is 11.6 Å². The van der Waals surface area contributed by atoms with E-state index in [0.717, 1.165) is 25.9 Å². The van der Waals surface area contributed by atoms with Crippen LogP contribution in [0.1, 0.15) is 25.9 Å². The molecule has 1 amide bonds. The highest BCUT2D eigenvalue weighted by atomic mass is 35.5. The molecule has 1 aromatic rings. The van der Waals surface area contributed by atoms with Crippen LogP contribution in [-0.4, -0.2) is 43.5 Å². The van der Waals surface area contributed by atoms with Gasteiger partial charge in [-0.2, -0.15) is 0 Å². The Morgan fingerprint density at radius 3 is 2.90 bits per heavy atom. The predicted molar refractivity (Wildman–Crippen MR) is 82.8 cm³/mol. The highest BCUT2D eigenvalue weighted by molar-refractivity contribution is 6.33. The number of ether oxygens (including phenoxy) is 1. The fraction of sp³-hybridized carbons (Fsp3) is 0.533. The lowest BCUT2D eigenvalue weighted by Gasteiger charge is -2.44. The van der Waals surface area contributed by atoms with E-state index in [1.807, 2.05) is 4.90 Å². The highest BCUT2D eigenvalue weighted by Crippen LogP contribution is 2.31. The third kappa shape index (κ3) is 2.80. The van der Waals surface area contributed by atoms with Gasteiger partial charge in [0.25, 0.3) is 5.91 Å². The Balaban J connectivity index is 1.88. The van der Waals surface area contributed by atoms with Crippen LogP contribution in [0, 0.1) is 5.92 Å². The second-order valence-corrected chi connectivity index (χ2v) is 5.83. The smallest absolute Gasteiger partial charge is 0.255 e. The summed E-state index contributed by atoms with van der Waals surface area (Å²) in [6.45, 7) is 0.854. The van der Waals surface area contributed by atoms with Gasteiger partial charge >= 0.3 is 0 Å². The molecule has 3 fully saturated rings. The number of piperidine rings is 3. The first-order valence-electron chi connectivity index (χ1n) is 8.06. The topological polar surface area (TPSA) is 67.6 Å². The fourth-order valence-electron chi connectivity index (χ4n) is 2.89. The highest BCUT2D eigenvalue weighted by Gasteiger charge is 2.35. The van der Waals surface area contributed by atoms with Gasteiger partial charge in [-0.15, -0.1) is 0 Å². The average molecular weight is 314 g/mol. The van der Waals surface area contributed by atoms with Crippen LogP contribution in [-0.2, 0) is 0 Å². The quantitative estimate of drug-likeness (QED) is 0.834. The summed E-state index contributed by atoms with van der Waals surface area (Å²) in [7, 11) is 1.44. The van der Waals surface area contributed by atoms with E-state index < -0.39 is 18.4 Å². The van der Waals surface area contributed by atoms with Crippen molar-refractivity contribution in [1.29, 1.82) is 0 Å². The van der Waals surface area contributed by atoms with Gasteiger partial charge in [0.1, 0.15) is 5.75 Å². The first-order valence-corrected chi connectivity index (χ1v) is 7.36. The molecule has 3 aliphatic rings. The van der Waals surface area contributed by atoms with E-state index in [1.165, 1.54) is 19.2 Å². The second kappa shape index (κ2) is 5.73. The molecule has 2 bridgehead atoms. The van der Waals surface area contributed by atoms with Crippen molar-refractivity contribution in [3.8, 4) is 5.75 Å². The van der Waals surface area contributed by atoms with Crippen molar-refractivity contribution in [2.75, 3.05) is 32.5 Å². The van der Waals surface area contributed by atoms with Crippen molar-refractivity contribution < 1.29 is 12.3 Å². The molecule has 21 heavy (non-hydrogen) atoms. The molecule has 3 aliphatic heterocycles. The van der Waals surface area contributed by atoms with Crippen LogP contribution in [0.15, 0.2) is 12.1 Å². The van der Waals surface area contributed by atoms with E-state index in [2.05, 4.69) is 5.32 Å². The molecule has 114 valence electrons. The normalized spacial score (nSPS) is 35.8. The summed E-state index contributed by atoms with van der Waals surface area (Å²) in [5.41, 5.74) is 6.27. The Hall–Kier alpha value is -1.46. The molecule has 4 rings (SSSR count). The number of amides is 1. The molecule has 6 heteroatoms. The average Bonchev–Trinajstić information content (AvgIpc) is 2.54. The van der Waals surface area contributed by atoms with Crippen LogP contribution in [0.4, 0.5) is 5.69 Å². The zero-order valence-electron chi connectivity index (χ0n) is 13.9. The third-order valence-corrected chi connectivity index (χ3v) is 4.44. The summed E-state index contributed by atoms with van der Waals surface area (Å²) in [6, 6.07) is 1.60. The molecular formula is C15H20ClN3O2. The fourth-order valence-corrected chi connectivity index (χ4v) is 3.05. The number of carbonyl (C=O) groups is 1. The number of nitrogen functional groups attached to an aromatic ring is 1. The lowest BCUT2D eigenvalue weighted by molar-refractivity contribution is 0.0619. The minimum absolute atomic E-state index is 0.0193. The van der Waals surface area contributed by atoms with Gasteiger partial charge < -0.3 is 20.7 Å². The summed E-state index contributed by atoms with van der Waals surface area (Å²) in [5.74, 6) is -0.185. The Morgan fingerprint density at radius 2 is 2.29 bits per heavy atom. The Labute approximate surface area is 132 Å². The number of rotatable bonds is 3. The van der Waals surface area contributed by atoms with E-state index in [-0.39, 0.29) is 16.5 Å².